The van der Waals surface area contributed by atoms with Crippen molar-refractivity contribution in [3.8, 4) is 0 Å². The van der Waals surface area contributed by atoms with Crippen molar-refractivity contribution in [2.45, 2.75) is 6.42 Å². The van der Waals surface area contributed by atoms with Crippen molar-refractivity contribution in [2.24, 2.45) is 0 Å². The summed E-state index contributed by atoms with van der Waals surface area (Å²) < 4.78 is 0. The van der Waals surface area contributed by atoms with Gasteiger partial charge in [0.05, 0.1) is 23.6 Å². The fraction of sp³-hybridized carbons (Fsp3) is 0.0833. The van der Waals surface area contributed by atoms with E-state index in [0.29, 0.717) is 17.5 Å². The van der Waals surface area contributed by atoms with Gasteiger partial charge in [-0.25, -0.2) is 9.97 Å². The molecule has 8 nitrogen and oxygen atoms in total. The fourth-order valence-electron chi connectivity index (χ4n) is 3.98. The molecule has 0 spiro atoms. The molecular formula is C24H19ClN8. The van der Waals surface area contributed by atoms with E-state index in [1.807, 2.05) is 30.3 Å². The Morgan fingerprint density at radius 2 is 1.91 bits per heavy atom. The summed E-state index contributed by atoms with van der Waals surface area (Å²) in [5, 5.41) is 17.3. The first kappa shape index (κ1) is 19.5. The molecular weight excluding hydrogens is 436 g/mol. The van der Waals surface area contributed by atoms with Crippen LogP contribution in [-0.2, 0) is 6.42 Å². The molecule has 0 bridgehead atoms. The highest BCUT2D eigenvalue weighted by atomic mass is 35.5. The second-order valence-corrected chi connectivity index (χ2v) is 8.19. The molecule has 0 fully saturated rings. The van der Waals surface area contributed by atoms with E-state index in [4.69, 9.17) is 16.6 Å². The topological polar surface area (TPSA) is 107 Å². The lowest BCUT2D eigenvalue weighted by Crippen LogP contribution is -2.09. The third-order valence-electron chi connectivity index (χ3n) is 5.57. The molecule has 0 saturated carbocycles. The van der Waals surface area contributed by atoms with E-state index in [1.54, 1.807) is 12.4 Å². The van der Waals surface area contributed by atoms with Crippen molar-refractivity contribution in [1.82, 2.24) is 30.1 Å². The summed E-state index contributed by atoms with van der Waals surface area (Å²) in [7, 11) is 0. The van der Waals surface area contributed by atoms with Gasteiger partial charge < -0.3 is 15.6 Å². The molecule has 4 aromatic heterocycles. The van der Waals surface area contributed by atoms with Gasteiger partial charge >= 0.3 is 0 Å². The van der Waals surface area contributed by atoms with Gasteiger partial charge in [-0.3, -0.25) is 5.10 Å². The van der Waals surface area contributed by atoms with Gasteiger partial charge in [0.25, 0.3) is 0 Å². The predicted octanol–water partition coefficient (Wildman–Crippen LogP) is 5.43. The molecule has 0 saturated heterocycles. The first-order valence-electron chi connectivity index (χ1n) is 10.6. The minimum absolute atomic E-state index is 0.476. The molecule has 0 amide bonds. The molecule has 0 unspecified atom stereocenters. The number of halogens is 1. The minimum atomic E-state index is 0.476. The van der Waals surface area contributed by atoms with Crippen LogP contribution in [0.2, 0.25) is 5.02 Å². The summed E-state index contributed by atoms with van der Waals surface area (Å²) >= 11 is 6.27. The molecule has 0 atom stereocenters. The van der Waals surface area contributed by atoms with Gasteiger partial charge in [-0.15, -0.1) is 0 Å². The molecule has 6 aromatic rings. The Morgan fingerprint density at radius 1 is 0.970 bits per heavy atom. The zero-order valence-electron chi connectivity index (χ0n) is 17.4. The highest BCUT2D eigenvalue weighted by Crippen LogP contribution is 2.27. The van der Waals surface area contributed by atoms with Crippen LogP contribution in [0.1, 0.15) is 5.56 Å². The number of aromatic nitrogens is 6. The molecule has 2 aromatic carbocycles. The molecule has 0 aliphatic rings. The predicted molar refractivity (Wildman–Crippen MR) is 132 cm³/mol. The third-order valence-corrected chi connectivity index (χ3v) is 5.80. The largest absolute Gasteiger partial charge is 0.369 e. The van der Waals surface area contributed by atoms with E-state index < -0.39 is 0 Å². The Balaban J connectivity index is 1.29. The lowest BCUT2D eigenvalue weighted by atomic mass is 10.1. The maximum Gasteiger partial charge on any atom is 0.229 e. The number of hydrogen-bond acceptors (Lipinski definition) is 6. The SMILES string of the molecule is Clc1ccc2nc(Nc3cnc4[nH]ncc4c3)nc(NCCc3c[nH]c4ccccc34)c2c1. The highest BCUT2D eigenvalue weighted by molar-refractivity contribution is 6.31. The average molecular weight is 455 g/mol. The van der Waals surface area contributed by atoms with Crippen LogP contribution in [0.15, 0.2) is 67.1 Å². The monoisotopic (exact) mass is 454 g/mol. The molecule has 162 valence electrons. The average Bonchev–Trinajstić information content (AvgIpc) is 3.46. The van der Waals surface area contributed by atoms with E-state index in [0.717, 1.165) is 45.4 Å². The van der Waals surface area contributed by atoms with E-state index >= 15 is 0 Å². The minimum Gasteiger partial charge on any atom is -0.369 e. The van der Waals surface area contributed by atoms with Crippen LogP contribution in [0, 0.1) is 0 Å². The van der Waals surface area contributed by atoms with Crippen LogP contribution in [0.4, 0.5) is 17.5 Å². The molecule has 4 N–H and O–H groups in total. The van der Waals surface area contributed by atoms with E-state index in [1.165, 1.54) is 10.9 Å². The van der Waals surface area contributed by atoms with Crippen LogP contribution in [0.5, 0.6) is 0 Å². The maximum absolute atomic E-state index is 6.27. The molecule has 33 heavy (non-hydrogen) atoms. The zero-order chi connectivity index (χ0) is 22.2. The maximum atomic E-state index is 6.27. The molecule has 0 aliphatic heterocycles. The quantitative estimate of drug-likeness (QED) is 0.267. The number of rotatable bonds is 6. The third kappa shape index (κ3) is 3.81. The van der Waals surface area contributed by atoms with Crippen molar-refractivity contribution in [2.75, 3.05) is 17.2 Å². The fourth-order valence-corrected chi connectivity index (χ4v) is 4.15. The lowest BCUT2D eigenvalue weighted by Gasteiger charge is -2.12. The van der Waals surface area contributed by atoms with Crippen molar-refractivity contribution in [3.05, 3.63) is 77.7 Å². The van der Waals surface area contributed by atoms with E-state index in [2.05, 4.69) is 60.2 Å². The number of H-pyrrole nitrogens is 2. The Morgan fingerprint density at radius 3 is 2.88 bits per heavy atom. The number of nitrogens with one attached hydrogen (secondary N) is 4. The first-order valence-corrected chi connectivity index (χ1v) is 10.9. The Kier molecular flexibility index (Phi) is 4.77. The normalized spacial score (nSPS) is 11.4. The van der Waals surface area contributed by atoms with Gasteiger partial charge in [-0.1, -0.05) is 29.8 Å². The molecule has 9 heteroatoms. The number of fused-ring (bicyclic) bond motifs is 3. The van der Waals surface area contributed by atoms with Crippen molar-refractivity contribution in [3.63, 3.8) is 0 Å². The van der Waals surface area contributed by atoms with Crippen LogP contribution < -0.4 is 10.6 Å². The summed E-state index contributed by atoms with van der Waals surface area (Å²) in [5.41, 5.74) is 4.70. The Hall–Kier alpha value is -4.17. The summed E-state index contributed by atoms with van der Waals surface area (Å²) in [6.45, 7) is 0.711. The number of nitrogens with zero attached hydrogens (tertiary/aromatic N) is 4. The summed E-state index contributed by atoms with van der Waals surface area (Å²) in [5.74, 6) is 1.20. The molecule has 4 heterocycles. The number of hydrogen-bond donors (Lipinski definition) is 4. The van der Waals surface area contributed by atoms with Gasteiger partial charge in [0.15, 0.2) is 5.65 Å². The van der Waals surface area contributed by atoms with Gasteiger partial charge in [0.1, 0.15) is 5.82 Å². The second kappa shape index (κ2) is 8.07. The molecule has 0 aliphatic carbocycles. The van der Waals surface area contributed by atoms with Crippen molar-refractivity contribution >= 4 is 61.9 Å². The summed E-state index contributed by atoms with van der Waals surface area (Å²) in [4.78, 5) is 17.1. The van der Waals surface area contributed by atoms with Crippen LogP contribution in [0.3, 0.4) is 0 Å². The summed E-state index contributed by atoms with van der Waals surface area (Å²) in [6.07, 6.45) is 6.36. The molecule has 6 rings (SSSR count). The smallest absolute Gasteiger partial charge is 0.229 e. The van der Waals surface area contributed by atoms with Crippen LogP contribution >= 0.6 is 11.6 Å². The van der Waals surface area contributed by atoms with Crippen molar-refractivity contribution in [1.29, 1.82) is 0 Å². The number of aromatic amines is 2. The van der Waals surface area contributed by atoms with E-state index in [-0.39, 0.29) is 0 Å². The van der Waals surface area contributed by atoms with Gasteiger partial charge in [-0.05, 0) is 42.3 Å². The van der Waals surface area contributed by atoms with E-state index in [9.17, 15) is 0 Å². The van der Waals surface area contributed by atoms with Gasteiger partial charge in [-0.2, -0.15) is 10.1 Å². The number of pyridine rings is 1. The number of anilines is 3. The Bertz CT molecular complexity index is 1600. The van der Waals surface area contributed by atoms with Crippen LogP contribution in [0.25, 0.3) is 32.8 Å². The number of para-hydroxylation sites is 1. The van der Waals surface area contributed by atoms with Crippen molar-refractivity contribution < 1.29 is 0 Å². The number of benzene rings is 2. The van der Waals surface area contributed by atoms with Gasteiger partial charge in [0, 0.05) is 39.4 Å². The van der Waals surface area contributed by atoms with Crippen LogP contribution in [-0.4, -0.2) is 36.7 Å². The first-order chi connectivity index (χ1) is 16.2. The standard InChI is InChI=1S/C24H19ClN8/c25-16-5-6-21-19(10-16)23(26-8-7-14-11-27-20-4-2-1-3-18(14)20)32-24(31-21)30-17-9-15-12-29-33-22(15)28-13-17/h1-6,9-13,27H,7-8H2,(H,28,29,33)(H2,26,30,31,32). The van der Waals surface area contributed by atoms with Gasteiger partial charge in [0.2, 0.25) is 5.95 Å². The zero-order valence-corrected chi connectivity index (χ0v) is 18.2. The molecule has 0 radical (unpaired) electrons. The Labute approximate surface area is 193 Å². The highest BCUT2D eigenvalue weighted by Gasteiger charge is 2.11. The lowest BCUT2D eigenvalue weighted by molar-refractivity contribution is 1.01. The second-order valence-electron chi connectivity index (χ2n) is 7.75. The summed E-state index contributed by atoms with van der Waals surface area (Å²) in [6, 6.07) is 15.9.